The third-order valence-corrected chi connectivity index (χ3v) is 3.54. The maximum atomic E-state index is 12.7. The summed E-state index contributed by atoms with van der Waals surface area (Å²) in [7, 11) is 0. The van der Waals surface area contributed by atoms with Crippen LogP contribution in [0, 0.1) is 6.92 Å². The van der Waals surface area contributed by atoms with Gasteiger partial charge in [0.25, 0.3) is 0 Å². The van der Waals surface area contributed by atoms with Crippen molar-refractivity contribution in [3.63, 3.8) is 0 Å². The van der Waals surface area contributed by atoms with Crippen molar-refractivity contribution in [3.05, 3.63) is 82.6 Å². The monoisotopic (exact) mass is 296 g/mol. The molecule has 0 aliphatic rings. The first kappa shape index (κ1) is 13.6. The molecule has 3 aromatic rings. The fraction of sp³-hybridized carbons (Fsp3) is 0.0588. The van der Waals surface area contributed by atoms with Crippen molar-refractivity contribution in [2.24, 2.45) is 0 Å². The Bertz CT molecular complexity index is 794. The first-order valence-electron chi connectivity index (χ1n) is 6.57. The van der Waals surface area contributed by atoms with Gasteiger partial charge in [0.15, 0.2) is 0 Å². The standard InChI is InChI=1S/C17H13ClN2O/c1-12-11-13(18)7-8-15(12)17(21)16-9-10-19-20(16)14-5-3-2-4-6-14/h2-11H,1H3. The molecule has 1 heterocycles. The lowest BCUT2D eigenvalue weighted by molar-refractivity contribution is 0.103. The maximum absolute atomic E-state index is 12.7. The molecule has 1 aromatic heterocycles. The number of benzene rings is 2. The Kier molecular flexibility index (Phi) is 3.59. The Balaban J connectivity index is 2.06. The molecular weight excluding hydrogens is 284 g/mol. The molecule has 21 heavy (non-hydrogen) atoms. The summed E-state index contributed by atoms with van der Waals surface area (Å²) in [6.45, 7) is 1.88. The number of aryl methyl sites for hydroxylation is 1. The molecular formula is C17H13ClN2O. The van der Waals surface area contributed by atoms with Gasteiger partial charge in [0.2, 0.25) is 5.78 Å². The minimum absolute atomic E-state index is 0.0643. The third-order valence-electron chi connectivity index (χ3n) is 3.31. The predicted molar refractivity (Wildman–Crippen MR) is 83.2 cm³/mol. The summed E-state index contributed by atoms with van der Waals surface area (Å²) in [5.41, 5.74) is 2.88. The molecule has 0 radical (unpaired) electrons. The first-order valence-corrected chi connectivity index (χ1v) is 6.95. The number of rotatable bonds is 3. The van der Waals surface area contributed by atoms with Crippen molar-refractivity contribution in [2.45, 2.75) is 6.92 Å². The van der Waals surface area contributed by atoms with Crippen LogP contribution in [0.3, 0.4) is 0 Å². The van der Waals surface area contributed by atoms with E-state index in [2.05, 4.69) is 5.10 Å². The second-order valence-electron chi connectivity index (χ2n) is 4.75. The average molecular weight is 297 g/mol. The molecule has 104 valence electrons. The molecule has 4 heteroatoms. The van der Waals surface area contributed by atoms with E-state index in [1.165, 1.54) is 0 Å². The van der Waals surface area contributed by atoms with E-state index >= 15 is 0 Å². The highest BCUT2D eigenvalue weighted by Crippen LogP contribution is 2.20. The van der Waals surface area contributed by atoms with Crippen LogP contribution in [0.2, 0.25) is 5.02 Å². The van der Waals surface area contributed by atoms with E-state index < -0.39 is 0 Å². The van der Waals surface area contributed by atoms with Gasteiger partial charge in [-0.1, -0.05) is 29.8 Å². The quantitative estimate of drug-likeness (QED) is 0.683. The van der Waals surface area contributed by atoms with Gasteiger partial charge in [-0.25, -0.2) is 4.68 Å². The number of carbonyl (C=O) groups excluding carboxylic acids is 1. The van der Waals surface area contributed by atoms with Crippen LogP contribution in [-0.4, -0.2) is 15.6 Å². The average Bonchev–Trinajstić information content (AvgIpc) is 2.97. The molecule has 3 rings (SSSR count). The van der Waals surface area contributed by atoms with Crippen molar-refractivity contribution < 1.29 is 4.79 Å². The zero-order valence-corrected chi connectivity index (χ0v) is 12.2. The molecule has 0 N–H and O–H groups in total. The van der Waals surface area contributed by atoms with Crippen LogP contribution >= 0.6 is 11.6 Å². The molecule has 0 spiro atoms. The summed E-state index contributed by atoms with van der Waals surface area (Å²) >= 11 is 5.94. The summed E-state index contributed by atoms with van der Waals surface area (Å²) in [4.78, 5) is 12.7. The number of nitrogens with zero attached hydrogens (tertiary/aromatic N) is 2. The normalized spacial score (nSPS) is 10.6. The largest absolute Gasteiger partial charge is 0.287 e. The Hall–Kier alpha value is -2.39. The van der Waals surface area contributed by atoms with Gasteiger partial charge in [0.1, 0.15) is 5.69 Å². The van der Waals surface area contributed by atoms with Gasteiger partial charge in [-0.3, -0.25) is 4.79 Å². The lowest BCUT2D eigenvalue weighted by Crippen LogP contribution is -2.11. The number of aromatic nitrogens is 2. The van der Waals surface area contributed by atoms with Crippen LogP contribution in [0.4, 0.5) is 0 Å². The van der Waals surface area contributed by atoms with Crippen LogP contribution < -0.4 is 0 Å². The van der Waals surface area contributed by atoms with Crippen LogP contribution in [0.5, 0.6) is 0 Å². The van der Waals surface area contributed by atoms with E-state index in [4.69, 9.17) is 11.6 Å². The van der Waals surface area contributed by atoms with Gasteiger partial charge >= 0.3 is 0 Å². The van der Waals surface area contributed by atoms with Gasteiger partial charge in [0.05, 0.1) is 11.9 Å². The molecule has 0 aliphatic carbocycles. The molecule has 0 atom stereocenters. The van der Waals surface area contributed by atoms with E-state index in [9.17, 15) is 4.79 Å². The van der Waals surface area contributed by atoms with Crippen molar-refractivity contribution in [1.82, 2.24) is 9.78 Å². The van der Waals surface area contributed by atoms with Crippen LogP contribution in [0.25, 0.3) is 5.69 Å². The van der Waals surface area contributed by atoms with Gasteiger partial charge in [-0.05, 0) is 48.9 Å². The smallest absolute Gasteiger partial charge is 0.211 e. The third kappa shape index (κ3) is 2.60. The summed E-state index contributed by atoms with van der Waals surface area (Å²) in [6.07, 6.45) is 1.63. The fourth-order valence-electron chi connectivity index (χ4n) is 2.27. The van der Waals surface area contributed by atoms with E-state index in [-0.39, 0.29) is 5.78 Å². The topological polar surface area (TPSA) is 34.9 Å². The van der Waals surface area contributed by atoms with Crippen molar-refractivity contribution in [1.29, 1.82) is 0 Å². The number of halogens is 1. The Morgan fingerprint density at radius 2 is 1.86 bits per heavy atom. The first-order chi connectivity index (χ1) is 10.2. The van der Waals surface area contributed by atoms with E-state index in [1.54, 1.807) is 35.1 Å². The fourth-order valence-corrected chi connectivity index (χ4v) is 2.50. The molecule has 0 amide bonds. The van der Waals surface area contributed by atoms with Gasteiger partial charge in [-0.15, -0.1) is 0 Å². The lowest BCUT2D eigenvalue weighted by atomic mass is 10.0. The second kappa shape index (κ2) is 5.54. The van der Waals surface area contributed by atoms with Crippen molar-refractivity contribution >= 4 is 17.4 Å². The molecule has 0 fully saturated rings. The van der Waals surface area contributed by atoms with E-state index in [1.807, 2.05) is 37.3 Å². The number of hydrogen-bond acceptors (Lipinski definition) is 2. The van der Waals surface area contributed by atoms with Gasteiger partial charge < -0.3 is 0 Å². The summed E-state index contributed by atoms with van der Waals surface area (Å²) in [6, 6.07) is 16.6. The second-order valence-corrected chi connectivity index (χ2v) is 5.19. The highest BCUT2D eigenvalue weighted by atomic mass is 35.5. The molecule has 0 aliphatic heterocycles. The maximum Gasteiger partial charge on any atom is 0.211 e. The lowest BCUT2D eigenvalue weighted by Gasteiger charge is -2.08. The zero-order valence-electron chi connectivity index (χ0n) is 11.5. The Morgan fingerprint density at radius 1 is 1.10 bits per heavy atom. The summed E-state index contributed by atoms with van der Waals surface area (Å²) in [5.74, 6) is -0.0643. The molecule has 0 saturated heterocycles. The number of carbonyl (C=O) groups is 1. The Labute approximate surface area is 127 Å². The molecule has 0 saturated carbocycles. The number of para-hydroxylation sites is 1. The van der Waals surface area contributed by atoms with Gasteiger partial charge in [0, 0.05) is 10.6 Å². The van der Waals surface area contributed by atoms with Gasteiger partial charge in [-0.2, -0.15) is 5.10 Å². The van der Waals surface area contributed by atoms with Crippen LogP contribution in [0.15, 0.2) is 60.8 Å². The highest BCUT2D eigenvalue weighted by molar-refractivity contribution is 6.30. The molecule has 0 unspecified atom stereocenters. The predicted octanol–water partition coefficient (Wildman–Crippen LogP) is 4.07. The SMILES string of the molecule is Cc1cc(Cl)ccc1C(=O)c1ccnn1-c1ccccc1. The summed E-state index contributed by atoms with van der Waals surface area (Å²) < 4.78 is 1.65. The minimum atomic E-state index is -0.0643. The molecule has 0 bridgehead atoms. The number of hydrogen-bond donors (Lipinski definition) is 0. The molecule has 2 aromatic carbocycles. The van der Waals surface area contributed by atoms with E-state index in [0.717, 1.165) is 11.3 Å². The van der Waals surface area contributed by atoms with Crippen LogP contribution in [0.1, 0.15) is 21.6 Å². The highest BCUT2D eigenvalue weighted by Gasteiger charge is 2.17. The minimum Gasteiger partial charge on any atom is -0.287 e. The van der Waals surface area contributed by atoms with Crippen LogP contribution in [-0.2, 0) is 0 Å². The number of ketones is 1. The zero-order chi connectivity index (χ0) is 14.8. The molecule has 3 nitrogen and oxygen atoms in total. The van der Waals surface area contributed by atoms with Crippen molar-refractivity contribution in [3.8, 4) is 5.69 Å². The van der Waals surface area contributed by atoms with Crippen molar-refractivity contribution in [2.75, 3.05) is 0 Å². The van der Waals surface area contributed by atoms with E-state index in [0.29, 0.717) is 16.3 Å². The summed E-state index contributed by atoms with van der Waals surface area (Å²) in [5, 5.41) is 4.88. The Morgan fingerprint density at radius 3 is 2.57 bits per heavy atom.